The number of sulfonamides is 1. The molecule has 0 aliphatic heterocycles. The standard InChI is InChI=1S/C12H8Cl2N2O4S/c13-7-3-4-8(14)10(6-7)21(19,20)16-9-2-1-5-15-11(9)12(17)18/h1-6,16H,(H,17,18). The lowest BCUT2D eigenvalue weighted by Crippen LogP contribution is -2.16. The molecule has 0 saturated heterocycles. The third-order valence-electron chi connectivity index (χ3n) is 2.44. The number of hydrogen-bond acceptors (Lipinski definition) is 4. The van der Waals surface area contributed by atoms with Crippen molar-refractivity contribution in [2.45, 2.75) is 4.90 Å². The highest BCUT2D eigenvalue weighted by Crippen LogP contribution is 2.27. The van der Waals surface area contributed by atoms with Crippen molar-refractivity contribution in [3.8, 4) is 0 Å². The second-order valence-electron chi connectivity index (χ2n) is 3.88. The third kappa shape index (κ3) is 3.44. The van der Waals surface area contributed by atoms with Gasteiger partial charge in [0.05, 0.1) is 10.7 Å². The number of nitrogens with one attached hydrogen (secondary N) is 1. The summed E-state index contributed by atoms with van der Waals surface area (Å²) in [5.41, 5.74) is -0.583. The quantitative estimate of drug-likeness (QED) is 0.887. The zero-order valence-electron chi connectivity index (χ0n) is 10.2. The van der Waals surface area contributed by atoms with Gasteiger partial charge in [-0.05, 0) is 30.3 Å². The number of benzene rings is 1. The highest BCUT2D eigenvalue weighted by molar-refractivity contribution is 7.92. The van der Waals surface area contributed by atoms with Gasteiger partial charge in [0, 0.05) is 11.2 Å². The Hall–Kier alpha value is -1.83. The topological polar surface area (TPSA) is 96.4 Å². The minimum atomic E-state index is -4.09. The second kappa shape index (κ2) is 5.88. The minimum Gasteiger partial charge on any atom is -0.476 e. The summed E-state index contributed by atoms with van der Waals surface area (Å²) >= 11 is 11.6. The van der Waals surface area contributed by atoms with Gasteiger partial charge in [-0.3, -0.25) is 4.72 Å². The van der Waals surface area contributed by atoms with Gasteiger partial charge in [0.15, 0.2) is 5.69 Å². The minimum absolute atomic E-state index is 0.0346. The van der Waals surface area contributed by atoms with Crippen molar-refractivity contribution < 1.29 is 18.3 Å². The predicted molar refractivity (Wildman–Crippen MR) is 78.5 cm³/mol. The summed E-state index contributed by atoms with van der Waals surface area (Å²) in [6.07, 6.45) is 1.24. The molecule has 0 amide bonds. The molecule has 6 nitrogen and oxygen atoms in total. The van der Waals surface area contributed by atoms with Crippen molar-refractivity contribution in [3.63, 3.8) is 0 Å². The number of hydrogen-bond donors (Lipinski definition) is 2. The van der Waals surface area contributed by atoms with Gasteiger partial charge in [0.25, 0.3) is 10.0 Å². The van der Waals surface area contributed by atoms with E-state index in [0.29, 0.717) is 0 Å². The van der Waals surface area contributed by atoms with Crippen LogP contribution in [-0.2, 0) is 10.0 Å². The van der Waals surface area contributed by atoms with Crippen molar-refractivity contribution in [2.75, 3.05) is 4.72 Å². The number of pyridine rings is 1. The zero-order valence-corrected chi connectivity index (χ0v) is 12.6. The third-order valence-corrected chi connectivity index (χ3v) is 4.52. The van der Waals surface area contributed by atoms with E-state index in [4.69, 9.17) is 28.3 Å². The van der Waals surface area contributed by atoms with Crippen LogP contribution in [0.15, 0.2) is 41.4 Å². The summed E-state index contributed by atoms with van der Waals surface area (Å²) in [7, 11) is -4.09. The van der Waals surface area contributed by atoms with Crippen LogP contribution in [-0.4, -0.2) is 24.5 Å². The van der Waals surface area contributed by atoms with Gasteiger partial charge in [-0.2, -0.15) is 0 Å². The van der Waals surface area contributed by atoms with E-state index in [-0.39, 0.29) is 20.6 Å². The molecule has 2 aromatic rings. The Bertz CT molecular complexity index is 809. The fourth-order valence-electron chi connectivity index (χ4n) is 1.54. The molecule has 0 aliphatic rings. The molecule has 110 valence electrons. The number of anilines is 1. The highest BCUT2D eigenvalue weighted by atomic mass is 35.5. The lowest BCUT2D eigenvalue weighted by molar-refractivity contribution is 0.0692. The van der Waals surface area contributed by atoms with Gasteiger partial charge in [-0.25, -0.2) is 18.2 Å². The van der Waals surface area contributed by atoms with E-state index in [1.165, 1.54) is 36.5 Å². The van der Waals surface area contributed by atoms with E-state index in [9.17, 15) is 13.2 Å². The monoisotopic (exact) mass is 346 g/mol. The van der Waals surface area contributed by atoms with Gasteiger partial charge in [-0.15, -0.1) is 0 Å². The molecule has 0 unspecified atom stereocenters. The van der Waals surface area contributed by atoms with E-state index in [1.54, 1.807) is 0 Å². The smallest absolute Gasteiger partial charge is 0.356 e. The fraction of sp³-hybridized carbons (Fsp3) is 0. The second-order valence-corrected chi connectivity index (χ2v) is 6.38. The number of aromatic nitrogens is 1. The van der Waals surface area contributed by atoms with Crippen LogP contribution in [0.5, 0.6) is 0 Å². The molecule has 0 fully saturated rings. The Morgan fingerprint density at radius 3 is 2.62 bits per heavy atom. The molecule has 0 saturated carbocycles. The molecule has 0 radical (unpaired) electrons. The van der Waals surface area contributed by atoms with Gasteiger partial charge < -0.3 is 5.11 Å². The number of nitrogens with zero attached hydrogens (tertiary/aromatic N) is 1. The predicted octanol–water partition coefficient (Wildman–Crippen LogP) is 2.89. The number of carboxylic acids is 1. The molecular weight excluding hydrogens is 339 g/mol. The van der Waals surface area contributed by atoms with E-state index >= 15 is 0 Å². The van der Waals surface area contributed by atoms with Crippen LogP contribution in [0.2, 0.25) is 10.0 Å². The average molecular weight is 347 g/mol. The van der Waals surface area contributed by atoms with Crippen LogP contribution in [0.4, 0.5) is 5.69 Å². The molecule has 1 heterocycles. The van der Waals surface area contributed by atoms with Crippen LogP contribution < -0.4 is 4.72 Å². The summed E-state index contributed by atoms with van der Waals surface area (Å²) in [5.74, 6) is -1.36. The van der Waals surface area contributed by atoms with Crippen LogP contribution in [0.1, 0.15) is 10.5 Å². The molecule has 1 aromatic heterocycles. The van der Waals surface area contributed by atoms with E-state index in [1.807, 2.05) is 0 Å². The first-order valence-corrected chi connectivity index (χ1v) is 7.71. The van der Waals surface area contributed by atoms with Gasteiger partial charge in [-0.1, -0.05) is 23.2 Å². The van der Waals surface area contributed by atoms with Crippen LogP contribution in [0.25, 0.3) is 0 Å². The molecule has 0 spiro atoms. The zero-order chi connectivity index (χ0) is 15.6. The number of carbonyl (C=O) groups is 1. The molecule has 0 bridgehead atoms. The highest BCUT2D eigenvalue weighted by Gasteiger charge is 2.21. The lowest BCUT2D eigenvalue weighted by atomic mass is 10.3. The lowest BCUT2D eigenvalue weighted by Gasteiger charge is -2.11. The number of rotatable bonds is 4. The van der Waals surface area contributed by atoms with Crippen molar-refractivity contribution in [1.29, 1.82) is 0 Å². The summed E-state index contributed by atoms with van der Waals surface area (Å²) in [4.78, 5) is 14.4. The summed E-state index contributed by atoms with van der Waals surface area (Å²) in [5, 5.41) is 9.14. The van der Waals surface area contributed by atoms with Crippen molar-refractivity contribution in [3.05, 3.63) is 52.3 Å². The van der Waals surface area contributed by atoms with Crippen LogP contribution in [0.3, 0.4) is 0 Å². The summed E-state index contributed by atoms with van der Waals surface area (Å²) in [6, 6.07) is 6.63. The first-order chi connectivity index (χ1) is 9.81. The molecule has 21 heavy (non-hydrogen) atoms. The largest absolute Gasteiger partial charge is 0.476 e. The van der Waals surface area contributed by atoms with Crippen molar-refractivity contribution >= 4 is 44.9 Å². The van der Waals surface area contributed by atoms with Crippen LogP contribution in [0, 0.1) is 0 Å². The normalized spacial score (nSPS) is 11.1. The molecule has 9 heteroatoms. The van der Waals surface area contributed by atoms with E-state index in [0.717, 1.165) is 0 Å². The Morgan fingerprint density at radius 1 is 1.24 bits per heavy atom. The Labute approximate surface area is 130 Å². The maximum atomic E-state index is 12.3. The van der Waals surface area contributed by atoms with Crippen molar-refractivity contribution in [2.24, 2.45) is 0 Å². The number of aromatic carboxylic acids is 1. The molecule has 0 aliphatic carbocycles. The summed E-state index contributed by atoms with van der Waals surface area (Å²) in [6.45, 7) is 0. The van der Waals surface area contributed by atoms with Crippen molar-refractivity contribution in [1.82, 2.24) is 4.98 Å². The van der Waals surface area contributed by atoms with E-state index in [2.05, 4.69) is 9.71 Å². The molecule has 0 atom stereocenters. The molecular formula is C12H8Cl2N2O4S. The first-order valence-electron chi connectivity index (χ1n) is 5.47. The number of halogens is 2. The molecule has 1 aromatic carbocycles. The van der Waals surface area contributed by atoms with Gasteiger partial charge >= 0.3 is 5.97 Å². The first kappa shape index (κ1) is 15.6. The van der Waals surface area contributed by atoms with Crippen LogP contribution >= 0.6 is 23.2 Å². The fourth-order valence-corrected chi connectivity index (χ4v) is 3.37. The molecule has 2 rings (SSSR count). The summed E-state index contributed by atoms with van der Waals surface area (Å²) < 4.78 is 26.7. The van der Waals surface area contributed by atoms with E-state index < -0.39 is 21.7 Å². The average Bonchev–Trinajstić information content (AvgIpc) is 2.41. The maximum Gasteiger partial charge on any atom is 0.356 e. The number of carboxylic acid groups (broad SMARTS) is 1. The Kier molecular flexibility index (Phi) is 4.36. The maximum absolute atomic E-state index is 12.3. The van der Waals surface area contributed by atoms with Gasteiger partial charge in [0.2, 0.25) is 0 Å². The van der Waals surface area contributed by atoms with Gasteiger partial charge in [0.1, 0.15) is 4.90 Å². The Morgan fingerprint density at radius 2 is 1.95 bits per heavy atom. The molecule has 2 N–H and O–H groups in total. The SMILES string of the molecule is O=C(O)c1ncccc1NS(=O)(=O)c1cc(Cl)ccc1Cl. The Balaban J connectivity index is 2.48.